The maximum atomic E-state index is 12.8. The molecule has 164 valence electrons. The quantitative estimate of drug-likeness (QED) is 0.449. The minimum absolute atomic E-state index is 0.00119. The molecule has 0 radical (unpaired) electrons. The second-order valence-corrected chi connectivity index (χ2v) is 10.8. The number of carbonyl (C=O) groups excluding carboxylic acids is 2. The highest BCUT2D eigenvalue weighted by atomic mass is 28.3. The van der Waals surface area contributed by atoms with Gasteiger partial charge in [0.2, 0.25) is 0 Å². The molecule has 1 saturated heterocycles. The zero-order valence-electron chi connectivity index (χ0n) is 18.4. The lowest BCUT2D eigenvalue weighted by atomic mass is 9.79. The Kier molecular flexibility index (Phi) is 9.65. The van der Waals surface area contributed by atoms with Gasteiger partial charge in [0.15, 0.2) is 14.8 Å². The summed E-state index contributed by atoms with van der Waals surface area (Å²) in [5, 5.41) is 2.64. The van der Waals surface area contributed by atoms with E-state index in [1.54, 1.807) is 17.1 Å². The number of nitrogens with zero attached hydrogens (tertiary/aromatic N) is 1. The van der Waals surface area contributed by atoms with Crippen molar-refractivity contribution in [3.05, 3.63) is 37.5 Å². The molecule has 0 aromatic rings. The zero-order valence-corrected chi connectivity index (χ0v) is 19.6. The first-order valence-corrected chi connectivity index (χ1v) is 12.8. The summed E-state index contributed by atoms with van der Waals surface area (Å²) in [4.78, 5) is 26.1. The number of amides is 2. The minimum atomic E-state index is -1.51. The van der Waals surface area contributed by atoms with E-state index in [1.165, 1.54) is 6.08 Å². The Balaban J connectivity index is 3.05. The highest BCUT2D eigenvalue weighted by Gasteiger charge is 2.51. The van der Waals surface area contributed by atoms with Crippen LogP contribution in [-0.4, -0.2) is 58.2 Å². The van der Waals surface area contributed by atoms with E-state index < -0.39 is 27.0 Å². The summed E-state index contributed by atoms with van der Waals surface area (Å²) < 4.78 is 16.6. The molecule has 1 fully saturated rings. The first kappa shape index (κ1) is 25.0. The Morgan fingerprint density at radius 3 is 2.38 bits per heavy atom. The van der Waals surface area contributed by atoms with Crippen molar-refractivity contribution in [3.63, 3.8) is 0 Å². The number of hydrogen-bond acceptors (Lipinski definition) is 5. The molecular formula is C21H36N2O5Si. The van der Waals surface area contributed by atoms with E-state index in [1.807, 2.05) is 6.08 Å². The van der Waals surface area contributed by atoms with Gasteiger partial charge in [-0.25, -0.2) is 9.59 Å². The Morgan fingerprint density at radius 2 is 1.83 bits per heavy atom. The van der Waals surface area contributed by atoms with Crippen LogP contribution >= 0.6 is 0 Å². The molecule has 0 aromatic carbocycles. The molecule has 29 heavy (non-hydrogen) atoms. The zero-order chi connectivity index (χ0) is 22.1. The fourth-order valence-electron chi connectivity index (χ4n) is 3.21. The maximum Gasteiger partial charge on any atom is 0.412 e. The first-order valence-electron chi connectivity index (χ1n) is 9.98. The highest BCUT2D eigenvalue weighted by molar-refractivity contribution is 6.48. The number of rotatable bonds is 9. The monoisotopic (exact) mass is 424 g/mol. The van der Waals surface area contributed by atoms with Gasteiger partial charge < -0.3 is 19.2 Å². The van der Waals surface area contributed by atoms with Crippen LogP contribution in [0, 0.1) is 11.3 Å². The average Bonchev–Trinajstić information content (AvgIpc) is 3.00. The Morgan fingerprint density at radius 1 is 1.21 bits per heavy atom. The Bertz CT molecular complexity index is 615. The van der Waals surface area contributed by atoms with Crippen LogP contribution in [0.25, 0.3) is 0 Å². The summed E-state index contributed by atoms with van der Waals surface area (Å²) in [5.41, 5.74) is -0.884. The molecule has 1 heterocycles. The molecule has 2 atom stereocenters. The van der Waals surface area contributed by atoms with E-state index in [-0.39, 0.29) is 31.1 Å². The molecule has 0 unspecified atom stereocenters. The lowest BCUT2D eigenvalue weighted by Crippen LogP contribution is -2.50. The van der Waals surface area contributed by atoms with E-state index >= 15 is 0 Å². The van der Waals surface area contributed by atoms with Crippen LogP contribution < -0.4 is 5.32 Å². The number of nitrogens with one attached hydrogen (secondary N) is 1. The minimum Gasteiger partial charge on any atom is -0.445 e. The normalized spacial score (nSPS) is 22.0. The highest BCUT2D eigenvalue weighted by Crippen LogP contribution is 2.44. The van der Waals surface area contributed by atoms with Crippen LogP contribution in [0.5, 0.6) is 0 Å². The number of alkyl carbamates (subject to hydrolysis) is 1. The number of ether oxygens (including phenoxy) is 2. The van der Waals surface area contributed by atoms with Gasteiger partial charge in [0, 0.05) is 19.5 Å². The molecule has 7 nitrogen and oxygen atoms in total. The van der Waals surface area contributed by atoms with Gasteiger partial charge in [0.25, 0.3) is 0 Å². The van der Waals surface area contributed by atoms with E-state index in [9.17, 15) is 9.59 Å². The topological polar surface area (TPSA) is 77.1 Å². The third-order valence-corrected chi connectivity index (χ3v) is 5.56. The Labute approximate surface area is 176 Å². The van der Waals surface area contributed by atoms with Gasteiger partial charge >= 0.3 is 12.2 Å². The molecule has 0 aromatic heterocycles. The molecule has 0 spiro atoms. The summed E-state index contributed by atoms with van der Waals surface area (Å²) in [6.07, 6.45) is 6.44. The van der Waals surface area contributed by atoms with Gasteiger partial charge in [0.05, 0.1) is 0 Å². The molecule has 1 rings (SSSR count). The molecule has 1 N–H and O–H groups in total. The van der Waals surface area contributed by atoms with Crippen molar-refractivity contribution in [3.8, 4) is 0 Å². The van der Waals surface area contributed by atoms with E-state index in [2.05, 4.69) is 52.3 Å². The van der Waals surface area contributed by atoms with Gasteiger partial charge in [0.1, 0.15) is 13.2 Å². The third-order valence-electron chi connectivity index (χ3n) is 4.68. The summed E-state index contributed by atoms with van der Waals surface area (Å²) in [6.45, 7) is 18.8. The molecule has 0 bridgehead atoms. The molecular weight excluding hydrogens is 388 g/mol. The molecule has 0 aliphatic carbocycles. The van der Waals surface area contributed by atoms with Crippen molar-refractivity contribution in [2.75, 3.05) is 26.3 Å². The number of carbonyl (C=O) groups is 2. The first-order chi connectivity index (χ1) is 13.6. The average molecular weight is 425 g/mol. The van der Waals surface area contributed by atoms with Gasteiger partial charge in [-0.05, 0) is 30.5 Å². The summed E-state index contributed by atoms with van der Waals surface area (Å²) in [7, 11) is -1.51. The van der Waals surface area contributed by atoms with Crippen molar-refractivity contribution >= 4 is 21.2 Å². The second-order valence-electron chi connectivity index (χ2n) is 8.43. The smallest absolute Gasteiger partial charge is 0.412 e. The fraction of sp³-hybridized carbons (Fsp3) is 0.619. The standard InChI is InChI=1S/C21H36N2O5Si/c1-8-13-26-18(24)22-12-10-11-21(28-29(6)7)15-17(20(3,4)5)16-23(21)19(25)27-14-9-2/h8-11,17,29H,1-2,12-16H2,3-7H3,(H,22,24)/b11-10+/t17-,21+/m0/s1. The van der Waals surface area contributed by atoms with E-state index in [0.29, 0.717) is 13.0 Å². The SMILES string of the molecule is C=CCOC(=O)NC/C=C/[C@@]1(O[SiH](C)C)C[C@H](C(C)(C)C)CN1C(=O)OCC=C. The van der Waals surface area contributed by atoms with E-state index in [4.69, 9.17) is 13.9 Å². The van der Waals surface area contributed by atoms with E-state index in [0.717, 1.165) is 0 Å². The molecule has 1 aliphatic heterocycles. The van der Waals surface area contributed by atoms with Gasteiger partial charge in [-0.1, -0.05) is 52.2 Å². The third kappa shape index (κ3) is 7.70. The van der Waals surface area contributed by atoms with Crippen LogP contribution in [0.3, 0.4) is 0 Å². The Hall–Kier alpha value is -2.06. The van der Waals surface area contributed by atoms with Gasteiger partial charge in [-0.3, -0.25) is 4.90 Å². The van der Waals surface area contributed by atoms with Crippen molar-refractivity contribution in [1.82, 2.24) is 10.2 Å². The molecule has 2 amide bonds. The van der Waals surface area contributed by atoms with Crippen LogP contribution in [0.1, 0.15) is 27.2 Å². The van der Waals surface area contributed by atoms with Crippen molar-refractivity contribution in [2.45, 2.75) is 46.0 Å². The molecule has 8 heteroatoms. The lowest BCUT2D eigenvalue weighted by Gasteiger charge is -2.37. The summed E-state index contributed by atoms with van der Waals surface area (Å²) >= 11 is 0. The summed E-state index contributed by atoms with van der Waals surface area (Å²) in [6, 6.07) is 0. The number of likely N-dealkylation sites (tertiary alicyclic amines) is 1. The molecule has 0 saturated carbocycles. The maximum absolute atomic E-state index is 12.8. The van der Waals surface area contributed by atoms with Crippen LogP contribution in [0.4, 0.5) is 9.59 Å². The predicted molar refractivity (Wildman–Crippen MR) is 117 cm³/mol. The van der Waals surface area contributed by atoms with Crippen molar-refractivity contribution in [1.29, 1.82) is 0 Å². The van der Waals surface area contributed by atoms with Crippen molar-refractivity contribution < 1.29 is 23.5 Å². The fourth-order valence-corrected chi connectivity index (χ4v) is 4.33. The van der Waals surface area contributed by atoms with Gasteiger partial charge in [-0.15, -0.1) is 0 Å². The second kappa shape index (κ2) is 11.2. The largest absolute Gasteiger partial charge is 0.445 e. The van der Waals surface area contributed by atoms with Gasteiger partial charge in [-0.2, -0.15) is 0 Å². The lowest BCUT2D eigenvalue weighted by molar-refractivity contribution is -0.0132. The predicted octanol–water partition coefficient (Wildman–Crippen LogP) is 3.84. The number of hydrogen-bond donors (Lipinski definition) is 1. The van der Waals surface area contributed by atoms with Crippen LogP contribution in [0.2, 0.25) is 13.1 Å². The van der Waals surface area contributed by atoms with Crippen LogP contribution in [-0.2, 0) is 13.9 Å². The van der Waals surface area contributed by atoms with Crippen LogP contribution in [0.15, 0.2) is 37.5 Å². The molecule has 1 aliphatic rings. The summed E-state index contributed by atoms with van der Waals surface area (Å²) in [5.74, 6) is 0.238. The van der Waals surface area contributed by atoms with Crippen molar-refractivity contribution in [2.24, 2.45) is 11.3 Å².